The maximum Gasteiger partial charge on any atom is 0.335 e. The van der Waals surface area contributed by atoms with Crippen molar-refractivity contribution in [2.24, 2.45) is 10.2 Å². The van der Waals surface area contributed by atoms with Crippen molar-refractivity contribution in [3.63, 3.8) is 0 Å². The summed E-state index contributed by atoms with van der Waals surface area (Å²) in [5, 5.41) is 41.5. The third-order valence-corrected chi connectivity index (χ3v) is 4.22. The summed E-state index contributed by atoms with van der Waals surface area (Å²) in [6.45, 7) is 5.64. The second kappa shape index (κ2) is 6.91. The van der Waals surface area contributed by atoms with Gasteiger partial charge in [-0.25, -0.2) is 4.79 Å². The summed E-state index contributed by atoms with van der Waals surface area (Å²) in [5.41, 5.74) is 3.51. The molecule has 0 fully saturated rings. The molecule has 2 aromatic carbocycles. The number of nitrogens with zero attached hydrogens (tertiary/aromatic N) is 4. The van der Waals surface area contributed by atoms with Crippen LogP contribution < -0.4 is 0 Å². The number of aromatic nitrogens is 2. The van der Waals surface area contributed by atoms with E-state index in [0.29, 0.717) is 11.4 Å². The van der Waals surface area contributed by atoms with Gasteiger partial charge < -0.3 is 15.3 Å². The Morgan fingerprint density at radius 3 is 2.37 bits per heavy atom. The monoisotopic (exact) mass is 366 g/mol. The van der Waals surface area contributed by atoms with Crippen molar-refractivity contribution in [2.45, 2.75) is 20.8 Å². The van der Waals surface area contributed by atoms with E-state index >= 15 is 0 Å². The minimum atomic E-state index is -1.16. The van der Waals surface area contributed by atoms with E-state index in [4.69, 9.17) is 5.11 Å². The molecule has 3 aromatic rings. The van der Waals surface area contributed by atoms with E-state index in [-0.39, 0.29) is 28.6 Å². The van der Waals surface area contributed by atoms with E-state index < -0.39 is 5.97 Å². The van der Waals surface area contributed by atoms with E-state index in [1.807, 2.05) is 32.0 Å². The number of aryl methyl sites for hydroxylation is 3. The van der Waals surface area contributed by atoms with Gasteiger partial charge in [-0.15, -0.1) is 10.2 Å². The molecule has 8 heteroatoms. The first-order chi connectivity index (χ1) is 12.8. The zero-order valence-electron chi connectivity index (χ0n) is 15.0. The predicted octanol–water partition coefficient (Wildman–Crippen LogP) is 4.32. The highest BCUT2D eigenvalue weighted by molar-refractivity contribution is 5.88. The molecule has 27 heavy (non-hydrogen) atoms. The fraction of sp³-hybridized carbons (Fsp3) is 0.158. The fourth-order valence-corrected chi connectivity index (χ4v) is 2.51. The van der Waals surface area contributed by atoms with Crippen molar-refractivity contribution < 1.29 is 20.1 Å². The Kier molecular flexibility index (Phi) is 4.64. The molecule has 0 saturated carbocycles. The summed E-state index contributed by atoms with van der Waals surface area (Å²) in [4.78, 5) is 10.9. The molecule has 0 aliphatic rings. The van der Waals surface area contributed by atoms with Crippen LogP contribution in [0.1, 0.15) is 27.2 Å². The molecule has 0 bridgehead atoms. The molecule has 3 rings (SSSR count). The predicted molar refractivity (Wildman–Crippen MR) is 98.7 cm³/mol. The molecule has 0 amide bonds. The molecule has 0 radical (unpaired) electrons. The largest absolute Gasteiger partial charge is 0.506 e. The van der Waals surface area contributed by atoms with Gasteiger partial charge in [-0.3, -0.25) is 0 Å². The zero-order chi connectivity index (χ0) is 19.7. The van der Waals surface area contributed by atoms with Crippen LogP contribution in [0.2, 0.25) is 0 Å². The van der Waals surface area contributed by atoms with Crippen LogP contribution in [-0.2, 0) is 0 Å². The highest BCUT2D eigenvalue weighted by atomic mass is 16.4. The number of carboxylic acid groups (broad SMARTS) is 1. The van der Waals surface area contributed by atoms with Crippen molar-refractivity contribution in [3.05, 3.63) is 58.8 Å². The summed E-state index contributed by atoms with van der Waals surface area (Å²) in [5.74, 6) is -1.66. The van der Waals surface area contributed by atoms with E-state index in [9.17, 15) is 15.0 Å². The minimum absolute atomic E-state index is 0.0620. The average Bonchev–Trinajstić information content (AvgIpc) is 2.90. The Bertz CT molecular complexity index is 1070. The Hall–Kier alpha value is -3.68. The van der Waals surface area contributed by atoms with Crippen LogP contribution in [0.5, 0.6) is 11.6 Å². The summed E-state index contributed by atoms with van der Waals surface area (Å²) in [7, 11) is 0. The third-order valence-electron chi connectivity index (χ3n) is 4.22. The lowest BCUT2D eigenvalue weighted by Crippen LogP contribution is -1.97. The number of carboxylic acids is 1. The van der Waals surface area contributed by atoms with Crippen LogP contribution in [0.4, 0.5) is 11.4 Å². The van der Waals surface area contributed by atoms with Crippen LogP contribution in [0.25, 0.3) is 5.69 Å². The molecule has 138 valence electrons. The molecular formula is C19H18N4O4. The maximum absolute atomic E-state index is 10.9. The van der Waals surface area contributed by atoms with Crippen molar-refractivity contribution in [1.82, 2.24) is 9.78 Å². The average molecular weight is 366 g/mol. The number of rotatable bonds is 4. The standard InChI is InChI=1S/C19H18N4O4/c1-10-4-6-14(8-11(10)2)23-18(25)17(12(3)22-23)21-20-15-7-5-13(19(26)27)9-16(15)24/h4-9,24-25H,1-3H3,(H,26,27). The quantitative estimate of drug-likeness (QED) is 0.594. The van der Waals surface area contributed by atoms with E-state index in [2.05, 4.69) is 15.3 Å². The zero-order valence-corrected chi connectivity index (χ0v) is 15.0. The second-order valence-electron chi connectivity index (χ2n) is 6.15. The molecule has 0 aliphatic carbocycles. The molecule has 0 atom stereocenters. The number of phenolic OH excluding ortho intramolecular Hbond substituents is 1. The van der Waals surface area contributed by atoms with Gasteiger partial charge in [0.05, 0.1) is 16.9 Å². The van der Waals surface area contributed by atoms with Crippen LogP contribution in [-0.4, -0.2) is 31.1 Å². The number of hydrogen-bond donors (Lipinski definition) is 3. The number of carbonyl (C=O) groups is 1. The van der Waals surface area contributed by atoms with Crippen LogP contribution >= 0.6 is 0 Å². The molecule has 1 heterocycles. The molecule has 0 spiro atoms. The Morgan fingerprint density at radius 2 is 1.74 bits per heavy atom. The molecule has 0 saturated heterocycles. The van der Waals surface area contributed by atoms with Crippen LogP contribution in [0, 0.1) is 20.8 Å². The smallest absolute Gasteiger partial charge is 0.335 e. The van der Waals surface area contributed by atoms with Gasteiger partial charge in [-0.2, -0.15) is 9.78 Å². The summed E-state index contributed by atoms with van der Waals surface area (Å²) in [6, 6.07) is 9.40. The summed E-state index contributed by atoms with van der Waals surface area (Å²) < 4.78 is 1.36. The first-order valence-electron chi connectivity index (χ1n) is 8.12. The van der Waals surface area contributed by atoms with Crippen molar-refractivity contribution in [1.29, 1.82) is 0 Å². The van der Waals surface area contributed by atoms with E-state index in [1.54, 1.807) is 6.92 Å². The molecule has 0 aliphatic heterocycles. The van der Waals surface area contributed by atoms with Gasteiger partial charge in [0.25, 0.3) is 0 Å². The number of aromatic carboxylic acids is 1. The Morgan fingerprint density at radius 1 is 1.00 bits per heavy atom. The number of benzene rings is 2. The summed E-state index contributed by atoms with van der Waals surface area (Å²) >= 11 is 0. The normalized spacial score (nSPS) is 11.2. The van der Waals surface area contributed by atoms with Gasteiger partial charge >= 0.3 is 5.97 Å². The van der Waals surface area contributed by atoms with Gasteiger partial charge in [0.2, 0.25) is 5.88 Å². The van der Waals surface area contributed by atoms with E-state index in [0.717, 1.165) is 17.2 Å². The third kappa shape index (κ3) is 3.50. The highest BCUT2D eigenvalue weighted by Gasteiger charge is 2.16. The minimum Gasteiger partial charge on any atom is -0.506 e. The molecule has 3 N–H and O–H groups in total. The Balaban J connectivity index is 1.96. The van der Waals surface area contributed by atoms with Gasteiger partial charge in [-0.1, -0.05) is 6.07 Å². The Labute approximate surface area is 155 Å². The first kappa shape index (κ1) is 18.1. The van der Waals surface area contributed by atoms with Crippen molar-refractivity contribution in [2.75, 3.05) is 0 Å². The fourth-order valence-electron chi connectivity index (χ4n) is 2.51. The molecule has 8 nitrogen and oxygen atoms in total. The van der Waals surface area contributed by atoms with Crippen LogP contribution in [0.15, 0.2) is 46.6 Å². The second-order valence-corrected chi connectivity index (χ2v) is 6.15. The van der Waals surface area contributed by atoms with Crippen LogP contribution in [0.3, 0.4) is 0 Å². The SMILES string of the molecule is Cc1ccc(-n2nc(C)c(N=Nc3ccc(C(=O)O)cc3O)c2O)cc1C. The molecule has 0 unspecified atom stereocenters. The first-order valence-corrected chi connectivity index (χ1v) is 8.12. The summed E-state index contributed by atoms with van der Waals surface area (Å²) in [6.07, 6.45) is 0. The number of phenols is 1. The lowest BCUT2D eigenvalue weighted by atomic mass is 10.1. The van der Waals surface area contributed by atoms with Gasteiger partial charge in [0, 0.05) is 0 Å². The van der Waals surface area contributed by atoms with Crippen molar-refractivity contribution >= 4 is 17.3 Å². The van der Waals surface area contributed by atoms with Gasteiger partial charge in [-0.05, 0) is 62.2 Å². The number of aromatic hydroxyl groups is 2. The maximum atomic E-state index is 10.9. The van der Waals surface area contributed by atoms with Gasteiger partial charge in [0.15, 0.2) is 5.69 Å². The molecule has 1 aromatic heterocycles. The van der Waals surface area contributed by atoms with E-state index in [1.165, 1.54) is 16.8 Å². The molecular weight excluding hydrogens is 348 g/mol. The lowest BCUT2D eigenvalue weighted by molar-refractivity contribution is 0.0696. The lowest BCUT2D eigenvalue weighted by Gasteiger charge is -2.06. The topological polar surface area (TPSA) is 120 Å². The van der Waals surface area contributed by atoms with Gasteiger partial charge in [0.1, 0.15) is 11.4 Å². The van der Waals surface area contributed by atoms with Crippen molar-refractivity contribution in [3.8, 4) is 17.3 Å². The number of azo groups is 1. The number of hydrogen-bond acceptors (Lipinski definition) is 6. The highest BCUT2D eigenvalue weighted by Crippen LogP contribution is 2.35.